The average molecular weight is 281 g/mol. The molecule has 1 amide bonds. The Morgan fingerprint density at radius 3 is 2.89 bits per heavy atom. The summed E-state index contributed by atoms with van der Waals surface area (Å²) in [7, 11) is 0. The summed E-state index contributed by atoms with van der Waals surface area (Å²) in [5.74, 6) is -0.684. The van der Waals surface area contributed by atoms with Gasteiger partial charge in [-0.1, -0.05) is 6.07 Å². The zero-order valence-electron chi connectivity index (χ0n) is 10.4. The van der Waals surface area contributed by atoms with E-state index in [0.29, 0.717) is 26.3 Å². The van der Waals surface area contributed by atoms with E-state index < -0.39 is 5.97 Å². The van der Waals surface area contributed by atoms with Crippen LogP contribution in [-0.4, -0.2) is 49.7 Å². The summed E-state index contributed by atoms with van der Waals surface area (Å²) in [4.78, 5) is 25.7. The van der Waals surface area contributed by atoms with Crippen molar-refractivity contribution in [2.75, 3.05) is 32.9 Å². The Hall–Kier alpha value is -1.66. The van der Waals surface area contributed by atoms with Crippen LogP contribution in [0.2, 0.25) is 0 Å². The zero-order valence-corrected chi connectivity index (χ0v) is 11.2. The van der Waals surface area contributed by atoms with Crippen molar-refractivity contribution in [2.24, 2.45) is 0 Å². The number of morpholine rings is 1. The second-order valence-electron chi connectivity index (χ2n) is 3.95. The molecule has 1 aliphatic rings. The maximum Gasteiger partial charge on any atom is 0.331 e. The normalized spacial score (nSPS) is 15.7. The number of nitrogens with zero attached hydrogens (tertiary/aromatic N) is 1. The van der Waals surface area contributed by atoms with Crippen molar-refractivity contribution in [1.82, 2.24) is 4.90 Å². The van der Waals surface area contributed by atoms with Gasteiger partial charge in [-0.25, -0.2) is 4.79 Å². The predicted octanol–water partition coefficient (Wildman–Crippen LogP) is 1.16. The molecule has 0 unspecified atom stereocenters. The van der Waals surface area contributed by atoms with Crippen LogP contribution in [0.5, 0.6) is 0 Å². The largest absolute Gasteiger partial charge is 0.452 e. The Kier molecular flexibility index (Phi) is 5.11. The lowest BCUT2D eigenvalue weighted by Gasteiger charge is -2.26. The molecule has 2 rings (SSSR count). The molecule has 0 aromatic carbocycles. The van der Waals surface area contributed by atoms with E-state index in [-0.39, 0.29) is 12.5 Å². The van der Waals surface area contributed by atoms with E-state index in [1.807, 2.05) is 17.5 Å². The summed E-state index contributed by atoms with van der Waals surface area (Å²) in [5.41, 5.74) is 0. The molecule has 1 saturated heterocycles. The van der Waals surface area contributed by atoms with Gasteiger partial charge < -0.3 is 14.4 Å². The van der Waals surface area contributed by atoms with Crippen molar-refractivity contribution in [3.05, 3.63) is 28.5 Å². The third-order valence-electron chi connectivity index (χ3n) is 2.63. The Morgan fingerprint density at radius 2 is 2.21 bits per heavy atom. The predicted molar refractivity (Wildman–Crippen MR) is 71.7 cm³/mol. The highest BCUT2D eigenvalue weighted by atomic mass is 32.1. The van der Waals surface area contributed by atoms with Crippen LogP contribution in [0.15, 0.2) is 23.6 Å². The minimum atomic E-state index is -0.505. The quantitative estimate of drug-likeness (QED) is 0.614. The summed E-state index contributed by atoms with van der Waals surface area (Å²) < 4.78 is 10.0. The first-order valence-corrected chi connectivity index (χ1v) is 6.87. The lowest BCUT2D eigenvalue weighted by atomic mass is 10.4. The van der Waals surface area contributed by atoms with Crippen LogP contribution in [0.4, 0.5) is 0 Å². The molecule has 0 saturated carbocycles. The molecule has 0 radical (unpaired) electrons. The Morgan fingerprint density at radius 1 is 1.42 bits per heavy atom. The SMILES string of the molecule is O=C(/C=C/c1cccs1)OCC(=O)N1CCOCC1. The van der Waals surface area contributed by atoms with Gasteiger partial charge in [-0.05, 0) is 17.5 Å². The summed E-state index contributed by atoms with van der Waals surface area (Å²) in [6, 6.07) is 3.80. The van der Waals surface area contributed by atoms with Crippen molar-refractivity contribution in [3.8, 4) is 0 Å². The number of hydrogen-bond acceptors (Lipinski definition) is 5. The highest BCUT2D eigenvalue weighted by molar-refractivity contribution is 7.10. The van der Waals surface area contributed by atoms with Crippen molar-refractivity contribution in [1.29, 1.82) is 0 Å². The molecule has 5 nitrogen and oxygen atoms in total. The van der Waals surface area contributed by atoms with Crippen molar-refractivity contribution in [2.45, 2.75) is 0 Å². The summed E-state index contributed by atoms with van der Waals surface area (Å²) in [6.07, 6.45) is 3.00. The van der Waals surface area contributed by atoms with E-state index in [4.69, 9.17) is 9.47 Å². The molecule has 1 aromatic rings. The maximum absolute atomic E-state index is 11.7. The average Bonchev–Trinajstić information content (AvgIpc) is 2.96. The van der Waals surface area contributed by atoms with Crippen LogP contribution in [-0.2, 0) is 19.1 Å². The lowest BCUT2D eigenvalue weighted by molar-refractivity contribution is -0.150. The van der Waals surface area contributed by atoms with Crippen LogP contribution >= 0.6 is 11.3 Å². The molecule has 2 heterocycles. The third kappa shape index (κ3) is 4.50. The minimum absolute atomic E-state index is 0.179. The first-order chi connectivity index (χ1) is 9.25. The highest BCUT2D eigenvalue weighted by Crippen LogP contribution is 2.10. The van der Waals surface area contributed by atoms with Crippen LogP contribution in [0.1, 0.15) is 4.88 Å². The van der Waals surface area contributed by atoms with E-state index in [1.165, 1.54) is 17.4 Å². The molecule has 19 heavy (non-hydrogen) atoms. The molecule has 1 aliphatic heterocycles. The first kappa shape index (κ1) is 13.8. The molecule has 0 atom stereocenters. The standard InChI is InChI=1S/C13H15NO4S/c15-12(14-5-7-17-8-6-14)10-18-13(16)4-3-11-2-1-9-19-11/h1-4,9H,5-8,10H2/b4-3+. The molecule has 0 spiro atoms. The summed E-state index contributed by atoms with van der Waals surface area (Å²) in [5, 5.41) is 1.92. The number of carbonyl (C=O) groups excluding carboxylic acids is 2. The monoisotopic (exact) mass is 281 g/mol. The topological polar surface area (TPSA) is 55.8 Å². The fraction of sp³-hybridized carbons (Fsp3) is 0.385. The highest BCUT2D eigenvalue weighted by Gasteiger charge is 2.17. The van der Waals surface area contributed by atoms with E-state index in [1.54, 1.807) is 11.0 Å². The lowest BCUT2D eigenvalue weighted by Crippen LogP contribution is -2.42. The minimum Gasteiger partial charge on any atom is -0.452 e. The van der Waals surface area contributed by atoms with Crippen LogP contribution in [0.25, 0.3) is 6.08 Å². The molecule has 0 bridgehead atoms. The summed E-state index contributed by atoms with van der Waals surface area (Å²) in [6.45, 7) is 1.98. The Bertz CT molecular complexity index is 449. The molecular weight excluding hydrogens is 266 g/mol. The van der Waals surface area contributed by atoms with Crippen LogP contribution in [0, 0.1) is 0 Å². The van der Waals surface area contributed by atoms with Gasteiger partial charge >= 0.3 is 5.97 Å². The van der Waals surface area contributed by atoms with Gasteiger partial charge in [0, 0.05) is 24.0 Å². The molecule has 1 aromatic heterocycles. The Balaban J connectivity index is 1.72. The fourth-order valence-corrected chi connectivity index (χ4v) is 2.24. The molecule has 0 aliphatic carbocycles. The number of carbonyl (C=O) groups is 2. The number of thiophene rings is 1. The van der Waals surface area contributed by atoms with Crippen molar-refractivity contribution in [3.63, 3.8) is 0 Å². The van der Waals surface area contributed by atoms with Gasteiger partial charge in [-0.3, -0.25) is 4.79 Å². The number of hydrogen-bond donors (Lipinski definition) is 0. The first-order valence-electron chi connectivity index (χ1n) is 5.99. The second kappa shape index (κ2) is 7.06. The van der Waals surface area contributed by atoms with E-state index in [0.717, 1.165) is 4.88 Å². The van der Waals surface area contributed by atoms with E-state index >= 15 is 0 Å². The molecule has 102 valence electrons. The van der Waals surface area contributed by atoms with Gasteiger partial charge in [0.25, 0.3) is 5.91 Å². The Labute approximate surface area is 115 Å². The van der Waals surface area contributed by atoms with Gasteiger partial charge in [-0.2, -0.15) is 0 Å². The summed E-state index contributed by atoms with van der Waals surface area (Å²) >= 11 is 1.53. The number of ether oxygens (including phenoxy) is 2. The van der Waals surface area contributed by atoms with Crippen LogP contribution in [0.3, 0.4) is 0 Å². The smallest absolute Gasteiger partial charge is 0.331 e. The van der Waals surface area contributed by atoms with E-state index in [9.17, 15) is 9.59 Å². The maximum atomic E-state index is 11.7. The molecular formula is C13H15NO4S. The third-order valence-corrected chi connectivity index (χ3v) is 3.47. The van der Waals surface area contributed by atoms with Crippen molar-refractivity contribution >= 4 is 29.3 Å². The zero-order chi connectivity index (χ0) is 13.5. The van der Waals surface area contributed by atoms with Gasteiger partial charge in [0.15, 0.2) is 6.61 Å². The van der Waals surface area contributed by atoms with Gasteiger partial charge in [0.05, 0.1) is 13.2 Å². The second-order valence-corrected chi connectivity index (χ2v) is 4.93. The van der Waals surface area contributed by atoms with Gasteiger partial charge in [0.1, 0.15) is 0 Å². The van der Waals surface area contributed by atoms with Crippen molar-refractivity contribution < 1.29 is 19.1 Å². The van der Waals surface area contributed by atoms with E-state index in [2.05, 4.69) is 0 Å². The van der Waals surface area contributed by atoms with Crippen LogP contribution < -0.4 is 0 Å². The number of rotatable bonds is 4. The number of amides is 1. The van der Waals surface area contributed by atoms with Gasteiger partial charge in [-0.15, -0.1) is 11.3 Å². The fourth-order valence-electron chi connectivity index (χ4n) is 1.62. The molecule has 1 fully saturated rings. The van der Waals surface area contributed by atoms with Gasteiger partial charge in [0.2, 0.25) is 0 Å². The molecule has 0 N–H and O–H groups in total. The number of esters is 1. The molecule has 6 heteroatoms.